The molecule has 0 fully saturated rings. The van der Waals surface area contributed by atoms with E-state index in [1.165, 1.54) is 4.90 Å². The topological polar surface area (TPSA) is 59.0 Å². The molecule has 1 amide bonds. The molecule has 0 unspecified atom stereocenters. The normalized spacial score (nSPS) is 10.4. The third-order valence-electron chi connectivity index (χ3n) is 2.21. The van der Waals surface area contributed by atoms with E-state index in [9.17, 15) is 4.79 Å². The van der Waals surface area contributed by atoms with Crippen LogP contribution in [0.2, 0.25) is 0 Å². The highest BCUT2D eigenvalue weighted by molar-refractivity contribution is 5.78. The molecule has 1 heterocycles. The number of para-hydroxylation sites is 1. The number of fused-ring (bicyclic) bond motifs is 1. The van der Waals surface area contributed by atoms with Crippen molar-refractivity contribution in [3.8, 4) is 0 Å². The summed E-state index contributed by atoms with van der Waals surface area (Å²) in [6.07, 6.45) is 0.185. The molecular weight excluding hydrogens is 204 g/mol. The number of carbonyl (C=O) groups excluding carboxylic acids is 1. The lowest BCUT2D eigenvalue weighted by molar-refractivity contribution is -0.128. The van der Waals surface area contributed by atoms with Crippen molar-refractivity contribution < 1.29 is 4.79 Å². The number of benzene rings is 1. The first-order chi connectivity index (χ1) is 7.66. The van der Waals surface area contributed by atoms with Crippen molar-refractivity contribution in [3.05, 3.63) is 30.1 Å². The summed E-state index contributed by atoms with van der Waals surface area (Å²) in [4.78, 5) is 17.3. The number of rotatable bonds is 2. The Morgan fingerprint density at radius 1 is 1.19 bits per heavy atom. The van der Waals surface area contributed by atoms with E-state index in [-0.39, 0.29) is 12.3 Å². The van der Waals surface area contributed by atoms with Gasteiger partial charge in [-0.2, -0.15) is 0 Å². The highest BCUT2D eigenvalue weighted by Gasteiger charge is 2.09. The highest BCUT2D eigenvalue weighted by atomic mass is 16.2. The first-order valence-corrected chi connectivity index (χ1v) is 4.95. The van der Waals surface area contributed by atoms with E-state index in [0.717, 1.165) is 11.0 Å². The molecule has 0 N–H and O–H groups in total. The molecule has 1 aromatic heterocycles. The molecule has 0 saturated carbocycles. The van der Waals surface area contributed by atoms with E-state index in [4.69, 9.17) is 0 Å². The monoisotopic (exact) mass is 216 g/mol. The molecule has 82 valence electrons. The fourth-order valence-corrected chi connectivity index (χ4v) is 1.28. The minimum absolute atomic E-state index is 0.0305. The highest BCUT2D eigenvalue weighted by Crippen LogP contribution is 2.06. The van der Waals surface area contributed by atoms with Gasteiger partial charge >= 0.3 is 0 Å². The predicted octanol–water partition coefficient (Wildman–Crippen LogP) is 0.655. The maximum atomic E-state index is 11.5. The van der Waals surface area contributed by atoms with Crippen molar-refractivity contribution >= 4 is 16.9 Å². The zero-order valence-electron chi connectivity index (χ0n) is 9.21. The standard InChI is InChI=1S/C11H12N4O/c1-15(2)11(16)7-10-12-8-5-3-4-6-9(8)13-14-10/h3-6H,7H2,1-2H3. The van der Waals surface area contributed by atoms with E-state index < -0.39 is 0 Å². The van der Waals surface area contributed by atoms with Gasteiger partial charge in [-0.05, 0) is 12.1 Å². The van der Waals surface area contributed by atoms with Gasteiger partial charge in [-0.15, -0.1) is 10.2 Å². The van der Waals surface area contributed by atoms with Gasteiger partial charge in [-0.1, -0.05) is 12.1 Å². The van der Waals surface area contributed by atoms with Gasteiger partial charge in [0.05, 0.1) is 11.9 Å². The Hall–Kier alpha value is -2.04. The predicted molar refractivity (Wildman–Crippen MR) is 59.7 cm³/mol. The van der Waals surface area contributed by atoms with Gasteiger partial charge in [0, 0.05) is 14.1 Å². The Bertz CT molecular complexity index is 524. The maximum absolute atomic E-state index is 11.5. The molecule has 0 saturated heterocycles. The van der Waals surface area contributed by atoms with Crippen LogP contribution in [-0.2, 0) is 11.2 Å². The summed E-state index contributed by atoms with van der Waals surface area (Å²) in [6.45, 7) is 0. The second-order valence-corrected chi connectivity index (χ2v) is 3.68. The number of hydrogen-bond donors (Lipinski definition) is 0. The van der Waals surface area contributed by atoms with Crippen LogP contribution in [0.15, 0.2) is 24.3 Å². The van der Waals surface area contributed by atoms with Crippen LogP contribution in [0.5, 0.6) is 0 Å². The van der Waals surface area contributed by atoms with E-state index in [2.05, 4.69) is 15.2 Å². The second-order valence-electron chi connectivity index (χ2n) is 3.68. The van der Waals surface area contributed by atoms with Gasteiger partial charge in [0.1, 0.15) is 5.52 Å². The summed E-state index contributed by atoms with van der Waals surface area (Å²) in [6, 6.07) is 7.46. The molecule has 1 aromatic carbocycles. The quantitative estimate of drug-likeness (QED) is 0.739. The Morgan fingerprint density at radius 3 is 2.56 bits per heavy atom. The van der Waals surface area contributed by atoms with Gasteiger partial charge in [0.25, 0.3) is 0 Å². The Kier molecular flexibility index (Phi) is 2.76. The fourth-order valence-electron chi connectivity index (χ4n) is 1.28. The van der Waals surface area contributed by atoms with Gasteiger partial charge in [0.15, 0.2) is 5.82 Å². The molecule has 0 aliphatic rings. The fraction of sp³-hybridized carbons (Fsp3) is 0.273. The van der Waals surface area contributed by atoms with Crippen LogP contribution >= 0.6 is 0 Å². The molecule has 2 aromatic rings. The average molecular weight is 216 g/mol. The summed E-state index contributed by atoms with van der Waals surface area (Å²) in [5.74, 6) is 0.425. The van der Waals surface area contributed by atoms with Crippen LogP contribution in [-0.4, -0.2) is 40.1 Å². The summed E-state index contributed by atoms with van der Waals surface area (Å²) < 4.78 is 0. The minimum Gasteiger partial charge on any atom is -0.348 e. The number of likely N-dealkylation sites (N-methyl/N-ethyl adjacent to an activating group) is 1. The van der Waals surface area contributed by atoms with Crippen molar-refractivity contribution in [2.24, 2.45) is 0 Å². The van der Waals surface area contributed by atoms with Gasteiger partial charge < -0.3 is 4.90 Å². The Labute approximate surface area is 93.1 Å². The molecule has 0 aliphatic carbocycles. The number of hydrogen-bond acceptors (Lipinski definition) is 4. The summed E-state index contributed by atoms with van der Waals surface area (Å²) in [5, 5.41) is 7.93. The van der Waals surface area contributed by atoms with Crippen LogP contribution in [0.3, 0.4) is 0 Å². The largest absolute Gasteiger partial charge is 0.348 e. The minimum atomic E-state index is -0.0305. The lowest BCUT2D eigenvalue weighted by atomic mass is 10.3. The van der Waals surface area contributed by atoms with E-state index in [1.54, 1.807) is 14.1 Å². The molecule has 0 aliphatic heterocycles. The zero-order valence-corrected chi connectivity index (χ0v) is 9.21. The molecule has 0 radical (unpaired) electrons. The first-order valence-electron chi connectivity index (χ1n) is 4.95. The molecular formula is C11H12N4O. The van der Waals surface area contributed by atoms with Crippen LogP contribution < -0.4 is 0 Å². The van der Waals surface area contributed by atoms with Crippen LogP contribution in [0.1, 0.15) is 5.82 Å². The number of carbonyl (C=O) groups is 1. The van der Waals surface area contributed by atoms with Crippen molar-refractivity contribution in [2.75, 3.05) is 14.1 Å². The average Bonchev–Trinajstić information content (AvgIpc) is 2.28. The third kappa shape index (κ3) is 2.13. The van der Waals surface area contributed by atoms with Gasteiger partial charge in [0.2, 0.25) is 5.91 Å². The molecule has 2 rings (SSSR count). The smallest absolute Gasteiger partial charge is 0.229 e. The van der Waals surface area contributed by atoms with Crippen molar-refractivity contribution in [3.63, 3.8) is 0 Å². The molecule has 0 atom stereocenters. The summed E-state index contributed by atoms with van der Waals surface area (Å²) >= 11 is 0. The number of aromatic nitrogens is 3. The molecule has 5 nitrogen and oxygen atoms in total. The van der Waals surface area contributed by atoms with Crippen LogP contribution in [0.25, 0.3) is 11.0 Å². The second kappa shape index (κ2) is 4.22. The molecule has 16 heavy (non-hydrogen) atoms. The van der Waals surface area contributed by atoms with Crippen molar-refractivity contribution in [2.45, 2.75) is 6.42 Å². The molecule has 0 spiro atoms. The SMILES string of the molecule is CN(C)C(=O)Cc1nnc2ccccc2n1. The van der Waals surface area contributed by atoms with E-state index in [0.29, 0.717) is 5.82 Å². The van der Waals surface area contributed by atoms with Crippen LogP contribution in [0.4, 0.5) is 0 Å². The summed E-state index contributed by atoms with van der Waals surface area (Å²) in [5.41, 5.74) is 1.50. The lowest BCUT2D eigenvalue weighted by Gasteiger charge is -2.08. The molecule has 0 bridgehead atoms. The number of nitrogens with zero attached hydrogens (tertiary/aromatic N) is 4. The van der Waals surface area contributed by atoms with Gasteiger partial charge in [-0.25, -0.2) is 4.98 Å². The maximum Gasteiger partial charge on any atom is 0.229 e. The van der Waals surface area contributed by atoms with Crippen molar-refractivity contribution in [1.29, 1.82) is 0 Å². The van der Waals surface area contributed by atoms with Crippen molar-refractivity contribution in [1.82, 2.24) is 20.1 Å². The lowest BCUT2D eigenvalue weighted by Crippen LogP contribution is -2.24. The van der Waals surface area contributed by atoms with Crippen LogP contribution in [0, 0.1) is 0 Å². The van der Waals surface area contributed by atoms with E-state index in [1.807, 2.05) is 24.3 Å². The molecule has 5 heteroatoms. The van der Waals surface area contributed by atoms with E-state index >= 15 is 0 Å². The zero-order chi connectivity index (χ0) is 11.5. The van der Waals surface area contributed by atoms with Gasteiger partial charge in [-0.3, -0.25) is 4.79 Å². The third-order valence-corrected chi connectivity index (χ3v) is 2.21. The Morgan fingerprint density at radius 2 is 1.88 bits per heavy atom. The number of amides is 1. The Balaban J connectivity index is 2.29. The first kappa shape index (κ1) is 10.5. The summed E-state index contributed by atoms with van der Waals surface area (Å²) in [7, 11) is 3.41.